The normalized spacial score (nSPS) is 16.2. The highest BCUT2D eigenvalue weighted by molar-refractivity contribution is 5.94. The first-order chi connectivity index (χ1) is 13.3. The third kappa shape index (κ3) is 3.23. The molecule has 2 N–H and O–H groups in total. The standard InChI is InChI=1S/C22H25N5/c1-15-24-21-18(8-9-23-22(21)25-15)20-13-17-12-16(6-7-19(17)26-20)14-27-10-4-2-3-5-11-27/h6-9,12-13,26H,2-5,10-11,14H2,1H3,(H,23,24,25). The summed E-state index contributed by atoms with van der Waals surface area (Å²) in [6.07, 6.45) is 7.25. The Balaban J connectivity index is 1.48. The van der Waals surface area contributed by atoms with E-state index >= 15 is 0 Å². The van der Waals surface area contributed by atoms with E-state index in [2.05, 4.69) is 49.1 Å². The van der Waals surface area contributed by atoms with E-state index in [1.165, 1.54) is 55.2 Å². The van der Waals surface area contributed by atoms with Crippen molar-refractivity contribution in [3.05, 3.63) is 47.9 Å². The number of hydrogen-bond donors (Lipinski definition) is 2. The van der Waals surface area contributed by atoms with Crippen molar-refractivity contribution in [1.29, 1.82) is 0 Å². The van der Waals surface area contributed by atoms with Gasteiger partial charge in [-0.3, -0.25) is 4.90 Å². The molecular formula is C22H25N5. The van der Waals surface area contributed by atoms with Gasteiger partial charge in [-0.25, -0.2) is 9.97 Å². The van der Waals surface area contributed by atoms with Gasteiger partial charge in [-0.05, 0) is 62.7 Å². The van der Waals surface area contributed by atoms with Gasteiger partial charge >= 0.3 is 0 Å². The van der Waals surface area contributed by atoms with Crippen LogP contribution in [0.2, 0.25) is 0 Å². The number of pyridine rings is 1. The molecule has 0 aliphatic carbocycles. The molecule has 0 unspecified atom stereocenters. The van der Waals surface area contributed by atoms with E-state index in [1.807, 2.05) is 19.2 Å². The summed E-state index contributed by atoms with van der Waals surface area (Å²) in [5.41, 5.74) is 6.55. The number of nitrogens with zero attached hydrogens (tertiary/aromatic N) is 3. The average Bonchev–Trinajstić information content (AvgIpc) is 3.16. The van der Waals surface area contributed by atoms with E-state index in [9.17, 15) is 0 Å². The van der Waals surface area contributed by atoms with E-state index in [1.54, 1.807) is 0 Å². The van der Waals surface area contributed by atoms with Crippen LogP contribution >= 0.6 is 0 Å². The van der Waals surface area contributed by atoms with Gasteiger partial charge in [0.25, 0.3) is 0 Å². The smallest absolute Gasteiger partial charge is 0.178 e. The Bertz CT molecular complexity index is 1080. The van der Waals surface area contributed by atoms with Gasteiger partial charge in [-0.15, -0.1) is 0 Å². The summed E-state index contributed by atoms with van der Waals surface area (Å²) < 4.78 is 0. The predicted molar refractivity (Wildman–Crippen MR) is 110 cm³/mol. The molecular weight excluding hydrogens is 334 g/mol. The summed E-state index contributed by atoms with van der Waals surface area (Å²) in [6.45, 7) is 5.47. The van der Waals surface area contributed by atoms with Crippen LogP contribution in [0.15, 0.2) is 36.5 Å². The summed E-state index contributed by atoms with van der Waals surface area (Å²) in [4.78, 5) is 18.3. The fraction of sp³-hybridized carbons (Fsp3) is 0.364. The minimum absolute atomic E-state index is 0.769. The molecule has 27 heavy (non-hydrogen) atoms. The number of benzene rings is 1. The van der Waals surface area contributed by atoms with Crippen molar-refractivity contribution in [2.24, 2.45) is 0 Å². The number of imidazole rings is 1. The van der Waals surface area contributed by atoms with E-state index in [-0.39, 0.29) is 0 Å². The molecule has 4 heterocycles. The number of H-pyrrole nitrogens is 2. The molecule has 138 valence electrons. The first kappa shape index (κ1) is 16.5. The first-order valence-electron chi connectivity index (χ1n) is 9.92. The Morgan fingerprint density at radius 1 is 1.00 bits per heavy atom. The third-order valence-corrected chi connectivity index (χ3v) is 5.59. The second kappa shape index (κ2) is 6.82. The SMILES string of the molecule is Cc1nc2nccc(-c3cc4cc(CN5CCCCCC5)ccc4[nH]3)c2[nH]1. The van der Waals surface area contributed by atoms with Gasteiger partial charge in [0.15, 0.2) is 5.65 Å². The molecule has 5 heteroatoms. The lowest BCUT2D eigenvalue weighted by Gasteiger charge is -2.19. The van der Waals surface area contributed by atoms with E-state index in [4.69, 9.17) is 0 Å². The van der Waals surface area contributed by atoms with Crippen molar-refractivity contribution < 1.29 is 0 Å². The first-order valence-corrected chi connectivity index (χ1v) is 9.92. The van der Waals surface area contributed by atoms with Gasteiger partial charge < -0.3 is 9.97 Å². The number of aryl methyl sites for hydroxylation is 1. The largest absolute Gasteiger partial charge is 0.354 e. The van der Waals surface area contributed by atoms with Crippen LogP contribution in [0.3, 0.4) is 0 Å². The molecule has 0 radical (unpaired) electrons. The lowest BCUT2D eigenvalue weighted by Crippen LogP contribution is -2.23. The van der Waals surface area contributed by atoms with Crippen LogP contribution in [0.1, 0.15) is 37.1 Å². The van der Waals surface area contributed by atoms with Crippen molar-refractivity contribution in [3.8, 4) is 11.3 Å². The number of fused-ring (bicyclic) bond motifs is 2. The highest BCUT2D eigenvalue weighted by Crippen LogP contribution is 2.29. The highest BCUT2D eigenvalue weighted by Gasteiger charge is 2.13. The van der Waals surface area contributed by atoms with Crippen molar-refractivity contribution in [2.45, 2.75) is 39.2 Å². The molecule has 3 aromatic heterocycles. The summed E-state index contributed by atoms with van der Waals surface area (Å²) >= 11 is 0. The van der Waals surface area contributed by atoms with E-state index in [0.29, 0.717) is 0 Å². The maximum absolute atomic E-state index is 4.45. The summed E-state index contributed by atoms with van der Waals surface area (Å²) in [5, 5.41) is 1.26. The topological polar surface area (TPSA) is 60.6 Å². The van der Waals surface area contributed by atoms with Gasteiger partial charge in [0.2, 0.25) is 0 Å². The highest BCUT2D eigenvalue weighted by atomic mass is 15.1. The Hall–Kier alpha value is -2.66. The fourth-order valence-corrected chi connectivity index (χ4v) is 4.23. The molecule has 0 bridgehead atoms. The van der Waals surface area contributed by atoms with Gasteiger partial charge in [-0.2, -0.15) is 0 Å². The lowest BCUT2D eigenvalue weighted by atomic mass is 10.1. The minimum Gasteiger partial charge on any atom is -0.354 e. The fourth-order valence-electron chi connectivity index (χ4n) is 4.23. The molecule has 0 amide bonds. The third-order valence-electron chi connectivity index (χ3n) is 5.59. The quantitative estimate of drug-likeness (QED) is 0.553. The molecule has 4 aromatic rings. The average molecular weight is 359 g/mol. The van der Waals surface area contributed by atoms with Crippen molar-refractivity contribution in [1.82, 2.24) is 24.8 Å². The zero-order chi connectivity index (χ0) is 18.2. The van der Waals surface area contributed by atoms with Gasteiger partial charge in [0.1, 0.15) is 5.82 Å². The van der Waals surface area contributed by atoms with Gasteiger partial charge in [-0.1, -0.05) is 18.9 Å². The van der Waals surface area contributed by atoms with Crippen molar-refractivity contribution in [3.63, 3.8) is 0 Å². The number of likely N-dealkylation sites (tertiary alicyclic amines) is 1. The van der Waals surface area contributed by atoms with Crippen LogP contribution in [0, 0.1) is 6.92 Å². The van der Waals surface area contributed by atoms with Crippen LogP contribution in [0.25, 0.3) is 33.3 Å². The zero-order valence-electron chi connectivity index (χ0n) is 15.8. The minimum atomic E-state index is 0.769. The number of aromatic nitrogens is 4. The monoisotopic (exact) mass is 359 g/mol. The number of aromatic amines is 2. The van der Waals surface area contributed by atoms with E-state index < -0.39 is 0 Å². The van der Waals surface area contributed by atoms with Crippen LogP contribution in [-0.2, 0) is 6.54 Å². The maximum atomic E-state index is 4.45. The molecule has 0 saturated carbocycles. The second-order valence-corrected chi connectivity index (χ2v) is 7.67. The molecule has 1 fully saturated rings. The Labute approximate surface area is 158 Å². The molecule has 1 aliphatic heterocycles. The van der Waals surface area contributed by atoms with Crippen molar-refractivity contribution in [2.75, 3.05) is 13.1 Å². The molecule has 5 nitrogen and oxygen atoms in total. The number of nitrogens with one attached hydrogen (secondary N) is 2. The molecule has 0 atom stereocenters. The van der Waals surface area contributed by atoms with Crippen LogP contribution < -0.4 is 0 Å². The predicted octanol–water partition coefficient (Wildman–Crippen LogP) is 4.79. The van der Waals surface area contributed by atoms with Gasteiger partial charge in [0, 0.05) is 34.9 Å². The van der Waals surface area contributed by atoms with Crippen LogP contribution in [0.5, 0.6) is 0 Å². The molecule has 0 spiro atoms. The molecule has 1 aromatic carbocycles. The Morgan fingerprint density at radius 2 is 1.85 bits per heavy atom. The summed E-state index contributed by atoms with van der Waals surface area (Å²) in [5.74, 6) is 0.890. The number of hydrogen-bond acceptors (Lipinski definition) is 3. The summed E-state index contributed by atoms with van der Waals surface area (Å²) in [7, 11) is 0. The molecule has 5 rings (SSSR count). The zero-order valence-corrected chi connectivity index (χ0v) is 15.8. The van der Waals surface area contributed by atoms with Crippen molar-refractivity contribution >= 4 is 22.1 Å². The second-order valence-electron chi connectivity index (χ2n) is 7.67. The number of rotatable bonds is 3. The summed E-state index contributed by atoms with van der Waals surface area (Å²) in [6, 6.07) is 11.1. The van der Waals surface area contributed by atoms with Crippen LogP contribution in [-0.4, -0.2) is 37.9 Å². The Morgan fingerprint density at radius 3 is 2.70 bits per heavy atom. The van der Waals surface area contributed by atoms with Gasteiger partial charge in [0.05, 0.1) is 5.52 Å². The maximum Gasteiger partial charge on any atom is 0.178 e. The molecule has 1 saturated heterocycles. The van der Waals surface area contributed by atoms with Crippen LogP contribution in [0.4, 0.5) is 0 Å². The van der Waals surface area contributed by atoms with E-state index in [0.717, 1.165) is 34.8 Å². The lowest BCUT2D eigenvalue weighted by molar-refractivity contribution is 0.277. The Kier molecular flexibility index (Phi) is 4.17. The molecule has 1 aliphatic rings.